The highest BCUT2D eigenvalue weighted by Crippen LogP contribution is 2.26. The summed E-state index contributed by atoms with van der Waals surface area (Å²) in [4.78, 5) is 24.6. The molecule has 6 nitrogen and oxygen atoms in total. The average Bonchev–Trinajstić information content (AvgIpc) is 3.30. The monoisotopic (exact) mass is 393 g/mol. The Kier molecular flexibility index (Phi) is 6.00. The highest BCUT2D eigenvalue weighted by Gasteiger charge is 2.21. The Hall–Kier alpha value is -2.60. The number of aromatic nitrogens is 1. The van der Waals surface area contributed by atoms with Crippen LogP contribution in [0, 0.1) is 6.92 Å². The minimum atomic E-state index is -0.0904. The van der Waals surface area contributed by atoms with Gasteiger partial charge in [-0.05, 0) is 62.2 Å². The van der Waals surface area contributed by atoms with E-state index in [-0.39, 0.29) is 5.91 Å². The summed E-state index contributed by atoms with van der Waals surface area (Å²) in [5, 5.41) is 3.10. The highest BCUT2D eigenvalue weighted by molar-refractivity contribution is 6.08. The smallest absolute Gasteiger partial charge is 0.259 e. The van der Waals surface area contributed by atoms with Crippen molar-refractivity contribution in [2.45, 2.75) is 26.7 Å². The van der Waals surface area contributed by atoms with Crippen molar-refractivity contribution in [1.29, 1.82) is 0 Å². The molecule has 1 N–H and O–H groups in total. The molecule has 4 rings (SSSR count). The van der Waals surface area contributed by atoms with Gasteiger partial charge in [0.1, 0.15) is 5.82 Å². The molecule has 0 saturated carbocycles. The Morgan fingerprint density at radius 1 is 1.03 bits per heavy atom. The van der Waals surface area contributed by atoms with E-state index in [1.54, 1.807) is 6.20 Å². The molecule has 6 heteroatoms. The lowest BCUT2D eigenvalue weighted by Crippen LogP contribution is -2.46. The third-order valence-corrected chi connectivity index (χ3v) is 6.08. The summed E-state index contributed by atoms with van der Waals surface area (Å²) in [5.74, 6) is 0.706. The molecule has 154 valence electrons. The Morgan fingerprint density at radius 3 is 2.48 bits per heavy atom. The molecule has 0 atom stereocenters. The summed E-state index contributed by atoms with van der Waals surface area (Å²) in [5.41, 5.74) is 3.83. The molecule has 0 bridgehead atoms. The van der Waals surface area contributed by atoms with Crippen LogP contribution in [-0.4, -0.2) is 61.6 Å². The number of benzene rings is 1. The van der Waals surface area contributed by atoms with Gasteiger partial charge in [0.15, 0.2) is 0 Å². The van der Waals surface area contributed by atoms with E-state index < -0.39 is 0 Å². The van der Waals surface area contributed by atoms with Crippen LogP contribution in [-0.2, 0) is 0 Å². The van der Waals surface area contributed by atoms with Crippen LogP contribution in [0.1, 0.15) is 35.7 Å². The van der Waals surface area contributed by atoms with Gasteiger partial charge in [0.25, 0.3) is 5.91 Å². The Bertz CT molecular complexity index is 854. The molecule has 2 saturated heterocycles. The van der Waals surface area contributed by atoms with Crippen molar-refractivity contribution in [1.82, 2.24) is 9.88 Å². The van der Waals surface area contributed by atoms with Crippen LogP contribution in [0.25, 0.3) is 0 Å². The maximum atomic E-state index is 13.0. The zero-order valence-corrected chi connectivity index (χ0v) is 17.5. The van der Waals surface area contributed by atoms with E-state index >= 15 is 0 Å². The number of hydrogen-bond acceptors (Lipinski definition) is 5. The van der Waals surface area contributed by atoms with Crippen LogP contribution in [0.15, 0.2) is 36.5 Å². The van der Waals surface area contributed by atoms with Gasteiger partial charge in [0, 0.05) is 56.8 Å². The fraction of sp³-hybridized carbons (Fsp3) is 0.478. The summed E-state index contributed by atoms with van der Waals surface area (Å²) in [7, 11) is 0. The zero-order chi connectivity index (χ0) is 20.2. The van der Waals surface area contributed by atoms with Gasteiger partial charge in [-0.25, -0.2) is 4.98 Å². The summed E-state index contributed by atoms with van der Waals surface area (Å²) >= 11 is 0. The zero-order valence-electron chi connectivity index (χ0n) is 17.5. The molecular weight excluding hydrogens is 362 g/mol. The number of hydrogen-bond donors (Lipinski definition) is 1. The second kappa shape index (κ2) is 8.82. The van der Waals surface area contributed by atoms with Crippen LogP contribution in [0.3, 0.4) is 0 Å². The van der Waals surface area contributed by atoms with E-state index in [0.717, 1.165) is 75.7 Å². The quantitative estimate of drug-likeness (QED) is 0.844. The molecule has 2 aliphatic rings. The third kappa shape index (κ3) is 4.37. The van der Waals surface area contributed by atoms with Gasteiger partial charge in [-0.1, -0.05) is 6.92 Å². The maximum absolute atomic E-state index is 13.0. The largest absolute Gasteiger partial charge is 0.369 e. The lowest BCUT2D eigenvalue weighted by molar-refractivity contribution is 0.102. The number of carbonyl (C=O) groups excluding carboxylic acids is 1. The number of nitrogens with one attached hydrogen (secondary N) is 1. The number of nitrogens with zero attached hydrogens (tertiary/aromatic N) is 4. The van der Waals surface area contributed by atoms with Crippen LogP contribution in [0.5, 0.6) is 0 Å². The van der Waals surface area contributed by atoms with E-state index in [4.69, 9.17) is 0 Å². The van der Waals surface area contributed by atoms with Crippen LogP contribution in [0.2, 0.25) is 0 Å². The van der Waals surface area contributed by atoms with Crippen LogP contribution < -0.4 is 15.1 Å². The number of pyridine rings is 1. The van der Waals surface area contributed by atoms with Gasteiger partial charge in [0.05, 0.1) is 5.56 Å². The van der Waals surface area contributed by atoms with Gasteiger partial charge in [-0.3, -0.25) is 4.79 Å². The minimum absolute atomic E-state index is 0.0904. The van der Waals surface area contributed by atoms with Crippen molar-refractivity contribution in [3.8, 4) is 0 Å². The minimum Gasteiger partial charge on any atom is -0.369 e. The van der Waals surface area contributed by atoms with E-state index in [9.17, 15) is 4.79 Å². The first-order chi connectivity index (χ1) is 14.2. The maximum Gasteiger partial charge on any atom is 0.259 e. The van der Waals surface area contributed by atoms with Gasteiger partial charge >= 0.3 is 0 Å². The first-order valence-corrected chi connectivity index (χ1v) is 10.7. The summed E-state index contributed by atoms with van der Waals surface area (Å²) < 4.78 is 0. The highest BCUT2D eigenvalue weighted by atomic mass is 16.1. The summed E-state index contributed by atoms with van der Waals surface area (Å²) in [6.45, 7) is 11.6. The van der Waals surface area contributed by atoms with E-state index in [2.05, 4.69) is 51.0 Å². The number of aryl methyl sites for hydroxylation is 1. The van der Waals surface area contributed by atoms with E-state index in [0.29, 0.717) is 5.56 Å². The van der Waals surface area contributed by atoms with Crippen molar-refractivity contribution in [2.75, 3.05) is 60.9 Å². The van der Waals surface area contributed by atoms with Gasteiger partial charge < -0.3 is 20.0 Å². The lowest BCUT2D eigenvalue weighted by atomic mass is 10.1. The summed E-state index contributed by atoms with van der Waals surface area (Å²) in [6, 6.07) is 10.0. The van der Waals surface area contributed by atoms with Crippen molar-refractivity contribution < 1.29 is 4.79 Å². The first kappa shape index (κ1) is 19.7. The number of carbonyl (C=O) groups is 1. The molecule has 0 aliphatic carbocycles. The molecule has 0 radical (unpaired) electrons. The fourth-order valence-corrected chi connectivity index (χ4v) is 4.25. The molecule has 0 unspecified atom stereocenters. The Morgan fingerprint density at radius 2 is 1.79 bits per heavy atom. The van der Waals surface area contributed by atoms with Gasteiger partial charge in [0.2, 0.25) is 0 Å². The molecule has 3 heterocycles. The van der Waals surface area contributed by atoms with E-state index in [1.165, 1.54) is 5.69 Å². The second-order valence-electron chi connectivity index (χ2n) is 7.94. The number of likely N-dealkylation sites (N-methyl/N-ethyl adjacent to an activating group) is 1. The van der Waals surface area contributed by atoms with Gasteiger partial charge in [-0.2, -0.15) is 0 Å². The van der Waals surface area contributed by atoms with Crippen LogP contribution >= 0.6 is 0 Å². The number of rotatable bonds is 5. The molecule has 2 fully saturated rings. The molecule has 2 aliphatic heterocycles. The number of piperazine rings is 1. The predicted molar refractivity (Wildman–Crippen MR) is 119 cm³/mol. The summed E-state index contributed by atoms with van der Waals surface area (Å²) in [6.07, 6.45) is 4.08. The molecule has 1 aromatic heterocycles. The predicted octanol–water partition coefficient (Wildman–Crippen LogP) is 3.38. The Labute approximate surface area is 173 Å². The van der Waals surface area contributed by atoms with Crippen molar-refractivity contribution in [3.05, 3.63) is 47.7 Å². The third-order valence-electron chi connectivity index (χ3n) is 6.08. The van der Waals surface area contributed by atoms with Crippen LogP contribution in [0.4, 0.5) is 17.2 Å². The van der Waals surface area contributed by atoms with Crippen molar-refractivity contribution in [3.63, 3.8) is 0 Å². The Balaban J connectivity index is 1.47. The molecule has 1 aromatic carbocycles. The molecule has 1 amide bonds. The average molecular weight is 394 g/mol. The molecule has 0 spiro atoms. The number of anilines is 3. The standard InChI is InChI=1S/C23H31N5O/c1-3-26-13-15-27(16-14-26)19-8-9-21(18(2)17-19)25-23(29)20-7-6-10-24-22(20)28-11-4-5-12-28/h6-10,17H,3-5,11-16H2,1-2H3,(H,25,29). The molecule has 2 aromatic rings. The molecular formula is C23H31N5O. The topological polar surface area (TPSA) is 51.7 Å². The first-order valence-electron chi connectivity index (χ1n) is 10.7. The van der Waals surface area contributed by atoms with E-state index in [1.807, 2.05) is 18.2 Å². The SMILES string of the molecule is CCN1CCN(c2ccc(NC(=O)c3cccnc3N3CCCC3)c(C)c2)CC1. The second-order valence-corrected chi connectivity index (χ2v) is 7.94. The van der Waals surface area contributed by atoms with Gasteiger partial charge in [-0.15, -0.1) is 0 Å². The fourth-order valence-electron chi connectivity index (χ4n) is 4.25. The van der Waals surface area contributed by atoms with Crippen molar-refractivity contribution in [2.24, 2.45) is 0 Å². The number of amides is 1. The lowest BCUT2D eigenvalue weighted by Gasteiger charge is -2.35. The van der Waals surface area contributed by atoms with Crippen molar-refractivity contribution >= 4 is 23.1 Å². The normalized spacial score (nSPS) is 17.6. The molecule has 29 heavy (non-hydrogen) atoms.